The van der Waals surface area contributed by atoms with Gasteiger partial charge in [-0.15, -0.1) is 11.8 Å². The lowest BCUT2D eigenvalue weighted by atomic mass is 10.2. The molecule has 1 atom stereocenters. The summed E-state index contributed by atoms with van der Waals surface area (Å²) in [6.45, 7) is 2.09. The normalized spacial score (nSPS) is 11.7. The maximum Gasteiger partial charge on any atom is 0.307 e. The second-order valence-corrected chi connectivity index (χ2v) is 6.48. The molecule has 0 N–H and O–H groups in total. The molecule has 23 heavy (non-hydrogen) atoms. The Morgan fingerprint density at radius 2 is 1.83 bits per heavy atom. The number of nitro benzene ring substituents is 1. The molecule has 0 saturated carbocycles. The van der Waals surface area contributed by atoms with Gasteiger partial charge in [0.05, 0.1) is 16.2 Å². The molecule has 0 heterocycles. The van der Waals surface area contributed by atoms with Crippen molar-refractivity contribution >= 4 is 23.4 Å². The molecule has 1 unspecified atom stereocenters. The third kappa shape index (κ3) is 5.41. The highest BCUT2D eigenvalue weighted by atomic mass is 32.2. The fourth-order valence-electron chi connectivity index (χ4n) is 2.00. The maximum atomic E-state index is 11.9. The fourth-order valence-corrected chi connectivity index (χ4v) is 3.07. The number of carbonyl (C=O) groups excluding carboxylic acids is 1. The molecule has 2 rings (SSSR count). The molecular formula is C17H17NO4S. The van der Waals surface area contributed by atoms with E-state index in [1.807, 2.05) is 37.3 Å². The first-order chi connectivity index (χ1) is 11.1. The van der Waals surface area contributed by atoms with E-state index < -0.39 is 4.92 Å². The van der Waals surface area contributed by atoms with E-state index in [-0.39, 0.29) is 29.9 Å². The van der Waals surface area contributed by atoms with Crippen LogP contribution in [0.15, 0.2) is 59.5 Å². The van der Waals surface area contributed by atoms with Gasteiger partial charge in [-0.25, -0.2) is 0 Å². The summed E-state index contributed by atoms with van der Waals surface area (Å²) in [5.41, 5.74) is 0.988. The Labute approximate surface area is 138 Å². The predicted octanol–water partition coefficient (Wildman–Crippen LogP) is 4.21. The summed E-state index contributed by atoms with van der Waals surface area (Å²) >= 11 is 1.31. The number of nitrogens with zero attached hydrogens (tertiary/aromatic N) is 1. The van der Waals surface area contributed by atoms with E-state index in [9.17, 15) is 14.9 Å². The van der Waals surface area contributed by atoms with Crippen molar-refractivity contribution < 1.29 is 14.5 Å². The van der Waals surface area contributed by atoms with Crippen molar-refractivity contribution in [2.75, 3.05) is 0 Å². The molecule has 0 radical (unpaired) electrons. The Hall–Kier alpha value is -2.34. The third-order valence-corrected chi connectivity index (χ3v) is 4.26. The Balaban J connectivity index is 1.86. The van der Waals surface area contributed by atoms with Crippen molar-refractivity contribution in [2.24, 2.45) is 0 Å². The molecule has 0 aromatic heterocycles. The summed E-state index contributed by atoms with van der Waals surface area (Å²) in [7, 11) is 0. The number of thioether (sulfide) groups is 1. The van der Waals surface area contributed by atoms with Crippen LogP contribution in [-0.4, -0.2) is 16.1 Å². The molecule has 120 valence electrons. The van der Waals surface area contributed by atoms with Crippen molar-refractivity contribution in [1.82, 2.24) is 0 Å². The van der Waals surface area contributed by atoms with Crippen molar-refractivity contribution in [3.05, 3.63) is 70.3 Å². The summed E-state index contributed by atoms with van der Waals surface area (Å²) in [6, 6.07) is 16.0. The molecule has 6 heteroatoms. The lowest BCUT2D eigenvalue weighted by Gasteiger charge is -2.11. The van der Waals surface area contributed by atoms with E-state index >= 15 is 0 Å². The molecule has 5 nitrogen and oxygen atoms in total. The van der Waals surface area contributed by atoms with E-state index in [0.29, 0.717) is 4.90 Å². The number of hydrogen-bond acceptors (Lipinski definition) is 5. The molecule has 2 aromatic rings. The first-order valence-corrected chi connectivity index (χ1v) is 8.04. The monoisotopic (exact) mass is 331 g/mol. The predicted molar refractivity (Wildman–Crippen MR) is 89.3 cm³/mol. The van der Waals surface area contributed by atoms with Crippen molar-refractivity contribution in [3.8, 4) is 0 Å². The zero-order valence-electron chi connectivity index (χ0n) is 12.7. The van der Waals surface area contributed by atoms with Gasteiger partial charge in [0.1, 0.15) is 6.61 Å². The number of hydrogen-bond donors (Lipinski definition) is 0. The molecule has 0 fully saturated rings. The molecule has 2 aromatic carbocycles. The molecule has 0 spiro atoms. The van der Waals surface area contributed by atoms with Gasteiger partial charge in [-0.2, -0.15) is 0 Å². The van der Waals surface area contributed by atoms with Crippen LogP contribution in [0.4, 0.5) is 5.69 Å². The number of esters is 1. The number of nitro groups is 1. The van der Waals surface area contributed by atoms with Crippen LogP contribution < -0.4 is 0 Å². The number of benzene rings is 2. The van der Waals surface area contributed by atoms with Crippen LogP contribution in [0.2, 0.25) is 0 Å². The van der Waals surface area contributed by atoms with Crippen LogP contribution in [0, 0.1) is 10.1 Å². The van der Waals surface area contributed by atoms with Crippen molar-refractivity contribution in [3.63, 3.8) is 0 Å². The Morgan fingerprint density at radius 3 is 2.52 bits per heavy atom. The van der Waals surface area contributed by atoms with E-state index in [2.05, 4.69) is 0 Å². The van der Waals surface area contributed by atoms with Gasteiger partial charge in [-0.1, -0.05) is 49.4 Å². The average molecular weight is 331 g/mol. The number of para-hydroxylation sites is 1. The molecule has 0 saturated heterocycles. The van der Waals surface area contributed by atoms with Crippen LogP contribution in [0.1, 0.15) is 18.9 Å². The first-order valence-electron chi connectivity index (χ1n) is 7.16. The third-order valence-electron chi connectivity index (χ3n) is 3.09. The maximum absolute atomic E-state index is 11.9. The van der Waals surface area contributed by atoms with Gasteiger partial charge < -0.3 is 4.74 Å². The Kier molecular flexibility index (Phi) is 6.17. The van der Waals surface area contributed by atoms with Gasteiger partial charge in [0.2, 0.25) is 0 Å². The van der Waals surface area contributed by atoms with Crippen LogP contribution >= 0.6 is 11.8 Å². The molecule has 0 amide bonds. The highest BCUT2D eigenvalue weighted by Crippen LogP contribution is 2.32. The van der Waals surface area contributed by atoms with E-state index in [1.165, 1.54) is 17.8 Å². The summed E-state index contributed by atoms with van der Waals surface area (Å²) < 4.78 is 5.23. The van der Waals surface area contributed by atoms with Crippen molar-refractivity contribution in [2.45, 2.75) is 30.1 Å². The van der Waals surface area contributed by atoms with Gasteiger partial charge in [-0.3, -0.25) is 14.9 Å². The first kappa shape index (κ1) is 17.0. The standard InChI is InChI=1S/C17H17NO4S/c1-13(23-16-10-6-5-9-15(16)18(20)21)11-17(19)22-12-14-7-3-2-4-8-14/h2-10,13H,11-12H2,1H3. The largest absolute Gasteiger partial charge is 0.461 e. The SMILES string of the molecule is CC(CC(=O)OCc1ccccc1)Sc1ccccc1[N+](=O)[O-]. The quantitative estimate of drug-likeness (QED) is 0.329. The van der Waals surface area contributed by atoms with E-state index in [0.717, 1.165) is 5.56 Å². The van der Waals surface area contributed by atoms with Gasteiger partial charge in [0.15, 0.2) is 0 Å². The fraction of sp³-hybridized carbons (Fsp3) is 0.235. The smallest absolute Gasteiger partial charge is 0.307 e. The minimum Gasteiger partial charge on any atom is -0.461 e. The summed E-state index contributed by atoms with van der Waals surface area (Å²) in [5.74, 6) is -0.313. The van der Waals surface area contributed by atoms with Gasteiger partial charge in [0, 0.05) is 11.3 Å². The second-order valence-electron chi connectivity index (χ2n) is 5.00. The summed E-state index contributed by atoms with van der Waals surface area (Å²) in [4.78, 5) is 23.0. The van der Waals surface area contributed by atoms with E-state index in [4.69, 9.17) is 4.74 Å². The van der Waals surface area contributed by atoms with Crippen molar-refractivity contribution in [1.29, 1.82) is 0 Å². The van der Waals surface area contributed by atoms with Crippen LogP contribution in [0.3, 0.4) is 0 Å². The summed E-state index contributed by atoms with van der Waals surface area (Å²) in [5, 5.41) is 10.9. The zero-order chi connectivity index (χ0) is 16.7. The Morgan fingerprint density at radius 1 is 1.17 bits per heavy atom. The van der Waals surface area contributed by atoms with Crippen LogP contribution in [-0.2, 0) is 16.1 Å². The zero-order valence-corrected chi connectivity index (χ0v) is 13.5. The van der Waals surface area contributed by atoms with Gasteiger partial charge in [-0.05, 0) is 11.6 Å². The van der Waals surface area contributed by atoms with Gasteiger partial charge in [0.25, 0.3) is 5.69 Å². The molecule has 0 bridgehead atoms. The minimum atomic E-state index is -0.414. The molecular weight excluding hydrogens is 314 g/mol. The highest BCUT2D eigenvalue weighted by Gasteiger charge is 2.18. The van der Waals surface area contributed by atoms with Crippen LogP contribution in [0.25, 0.3) is 0 Å². The second kappa shape index (κ2) is 8.33. The van der Waals surface area contributed by atoms with Crippen LogP contribution in [0.5, 0.6) is 0 Å². The lowest BCUT2D eigenvalue weighted by Crippen LogP contribution is -2.11. The molecule has 0 aliphatic rings. The highest BCUT2D eigenvalue weighted by molar-refractivity contribution is 8.00. The Bertz CT molecular complexity index is 675. The number of rotatable bonds is 7. The lowest BCUT2D eigenvalue weighted by molar-refractivity contribution is -0.387. The minimum absolute atomic E-state index is 0.0574. The average Bonchev–Trinajstić information content (AvgIpc) is 2.54. The topological polar surface area (TPSA) is 69.4 Å². The number of ether oxygens (including phenoxy) is 1. The van der Waals surface area contributed by atoms with E-state index in [1.54, 1.807) is 18.2 Å². The molecule has 0 aliphatic carbocycles. The molecule has 0 aliphatic heterocycles. The number of carbonyl (C=O) groups is 1. The van der Waals surface area contributed by atoms with Gasteiger partial charge >= 0.3 is 5.97 Å². The summed E-state index contributed by atoms with van der Waals surface area (Å²) in [6.07, 6.45) is 0.198.